The van der Waals surface area contributed by atoms with Crippen molar-refractivity contribution in [1.82, 2.24) is 19.8 Å². The highest BCUT2D eigenvalue weighted by atomic mass is 32.2. The highest BCUT2D eigenvalue weighted by molar-refractivity contribution is 7.85. The fourth-order valence-electron chi connectivity index (χ4n) is 6.89. The van der Waals surface area contributed by atoms with Crippen molar-refractivity contribution < 1.29 is 37.7 Å². The number of benzene rings is 1. The van der Waals surface area contributed by atoms with Crippen LogP contribution in [0.2, 0.25) is 0 Å². The molecule has 4 aliphatic rings. The summed E-state index contributed by atoms with van der Waals surface area (Å²) in [6.45, 7) is 11.3. The van der Waals surface area contributed by atoms with Crippen LogP contribution >= 0.6 is 0 Å². The minimum atomic E-state index is -1.71. The predicted molar refractivity (Wildman–Crippen MR) is 187 cm³/mol. The smallest absolute Gasteiger partial charge is 0.410 e. The van der Waals surface area contributed by atoms with Crippen molar-refractivity contribution in [3.63, 3.8) is 0 Å². The first-order valence-electron chi connectivity index (χ1n) is 17.7. The maximum atomic E-state index is 14.4. The van der Waals surface area contributed by atoms with Crippen LogP contribution in [0, 0.1) is 11.8 Å². The van der Waals surface area contributed by atoms with E-state index in [1.165, 1.54) is 4.90 Å². The molecule has 274 valence electrons. The SMILES string of the molecule is CC(C)(C)OC(=O)C[C@H]1CCCCC/C=C\[C@@H]2C[C@@]2(C(=O)N[S@](=O)C(C)(C)C)NC(=O)[C@@H]2C[C@@H](OC(=O)N3Cc4ccccc4C3)CN2C1=O. The summed E-state index contributed by atoms with van der Waals surface area (Å²) in [7, 11) is -1.71. The van der Waals surface area contributed by atoms with Gasteiger partial charge in [-0.1, -0.05) is 49.3 Å². The van der Waals surface area contributed by atoms with Gasteiger partial charge in [-0.3, -0.25) is 28.8 Å². The molecule has 0 bridgehead atoms. The molecule has 1 saturated heterocycles. The lowest BCUT2D eigenvalue weighted by Gasteiger charge is -2.30. The third kappa shape index (κ3) is 8.94. The van der Waals surface area contributed by atoms with Gasteiger partial charge < -0.3 is 19.7 Å². The molecular weight excluding hydrogens is 660 g/mol. The first-order chi connectivity index (χ1) is 23.5. The molecule has 6 atom stereocenters. The number of ether oxygens (including phenoxy) is 2. The van der Waals surface area contributed by atoms with E-state index >= 15 is 0 Å². The lowest BCUT2D eigenvalue weighted by molar-refractivity contribution is -0.159. The van der Waals surface area contributed by atoms with E-state index in [4.69, 9.17) is 9.47 Å². The zero-order chi connectivity index (χ0) is 36.4. The maximum Gasteiger partial charge on any atom is 0.410 e. The lowest BCUT2D eigenvalue weighted by Crippen LogP contribution is -2.57. The van der Waals surface area contributed by atoms with Crippen molar-refractivity contribution in [3.8, 4) is 0 Å². The zero-order valence-electron chi connectivity index (χ0n) is 30.1. The van der Waals surface area contributed by atoms with Crippen LogP contribution in [0.4, 0.5) is 4.79 Å². The Balaban J connectivity index is 1.40. The fraction of sp³-hybridized carbons (Fsp3) is 0.649. The highest BCUT2D eigenvalue weighted by Crippen LogP contribution is 2.46. The molecule has 1 aromatic carbocycles. The van der Waals surface area contributed by atoms with Crippen LogP contribution < -0.4 is 10.0 Å². The third-order valence-electron chi connectivity index (χ3n) is 9.70. The van der Waals surface area contributed by atoms with Gasteiger partial charge in [0, 0.05) is 31.3 Å². The van der Waals surface area contributed by atoms with Gasteiger partial charge in [-0.2, -0.15) is 0 Å². The average Bonchev–Trinajstić information content (AvgIpc) is 3.33. The Hall–Kier alpha value is -3.74. The molecule has 50 heavy (non-hydrogen) atoms. The van der Waals surface area contributed by atoms with Gasteiger partial charge in [0.1, 0.15) is 34.3 Å². The first kappa shape index (κ1) is 37.5. The van der Waals surface area contributed by atoms with Crippen molar-refractivity contribution >= 4 is 40.8 Å². The van der Waals surface area contributed by atoms with Crippen molar-refractivity contribution in [3.05, 3.63) is 47.5 Å². The second-order valence-electron chi connectivity index (χ2n) is 16.0. The summed E-state index contributed by atoms with van der Waals surface area (Å²) >= 11 is 0. The molecule has 13 heteroatoms. The summed E-state index contributed by atoms with van der Waals surface area (Å²) < 4.78 is 26.3. The summed E-state index contributed by atoms with van der Waals surface area (Å²) in [5.41, 5.74) is -0.00216. The van der Waals surface area contributed by atoms with Crippen LogP contribution in [0.15, 0.2) is 36.4 Å². The molecule has 0 aromatic heterocycles. The van der Waals surface area contributed by atoms with E-state index in [9.17, 15) is 28.2 Å². The second kappa shape index (κ2) is 14.9. The van der Waals surface area contributed by atoms with E-state index in [0.717, 1.165) is 30.4 Å². The number of allylic oxidation sites excluding steroid dienone is 1. The van der Waals surface area contributed by atoms with Gasteiger partial charge >= 0.3 is 12.1 Å². The zero-order valence-corrected chi connectivity index (χ0v) is 30.9. The van der Waals surface area contributed by atoms with Crippen molar-refractivity contribution in [2.24, 2.45) is 11.8 Å². The Bertz CT molecular complexity index is 1520. The van der Waals surface area contributed by atoms with Crippen LogP contribution in [0.3, 0.4) is 0 Å². The van der Waals surface area contributed by atoms with E-state index in [1.807, 2.05) is 36.4 Å². The molecule has 1 aliphatic carbocycles. The van der Waals surface area contributed by atoms with Crippen molar-refractivity contribution in [2.75, 3.05) is 6.54 Å². The number of nitrogens with zero attached hydrogens (tertiary/aromatic N) is 2. The Morgan fingerprint density at radius 1 is 1.02 bits per heavy atom. The number of fused-ring (bicyclic) bond motifs is 3. The summed E-state index contributed by atoms with van der Waals surface area (Å²) in [4.78, 5) is 71.6. The van der Waals surface area contributed by atoms with Crippen LogP contribution in [0.25, 0.3) is 0 Å². The molecule has 2 fully saturated rings. The normalized spacial score (nSPS) is 28.5. The van der Waals surface area contributed by atoms with E-state index in [2.05, 4.69) is 10.0 Å². The van der Waals surface area contributed by atoms with Crippen molar-refractivity contribution in [2.45, 2.75) is 134 Å². The van der Waals surface area contributed by atoms with Gasteiger partial charge in [-0.05, 0) is 78.4 Å². The van der Waals surface area contributed by atoms with Crippen LogP contribution in [-0.2, 0) is 52.7 Å². The third-order valence-corrected chi connectivity index (χ3v) is 11.2. The fourth-order valence-corrected chi connectivity index (χ4v) is 7.55. The largest absolute Gasteiger partial charge is 0.460 e. The number of rotatable bonds is 5. The quantitative estimate of drug-likeness (QED) is 0.336. The molecule has 12 nitrogen and oxygen atoms in total. The Labute approximate surface area is 297 Å². The van der Waals surface area contributed by atoms with E-state index in [1.54, 1.807) is 46.4 Å². The van der Waals surface area contributed by atoms with E-state index in [0.29, 0.717) is 32.4 Å². The molecule has 2 N–H and O–H groups in total. The second-order valence-corrected chi connectivity index (χ2v) is 18.0. The van der Waals surface area contributed by atoms with Crippen molar-refractivity contribution in [1.29, 1.82) is 0 Å². The summed E-state index contributed by atoms with van der Waals surface area (Å²) in [5.74, 6) is -3.07. The van der Waals surface area contributed by atoms with Gasteiger partial charge in [0.05, 0.1) is 17.7 Å². The molecule has 3 aliphatic heterocycles. The molecule has 0 spiro atoms. The number of carbonyl (C=O) groups excluding carboxylic acids is 5. The van der Waals surface area contributed by atoms with Gasteiger partial charge in [-0.25, -0.2) is 9.00 Å². The van der Waals surface area contributed by atoms with Gasteiger partial charge in [0.15, 0.2) is 0 Å². The number of hydrogen-bond acceptors (Lipinski definition) is 8. The summed E-state index contributed by atoms with van der Waals surface area (Å²) in [6, 6.07) is 6.70. The molecule has 3 heterocycles. The van der Waals surface area contributed by atoms with Crippen LogP contribution in [0.5, 0.6) is 0 Å². The van der Waals surface area contributed by atoms with Gasteiger partial charge in [0.25, 0.3) is 5.91 Å². The van der Waals surface area contributed by atoms with Gasteiger partial charge in [-0.15, -0.1) is 0 Å². The molecule has 1 saturated carbocycles. The topological polar surface area (TPSA) is 151 Å². The van der Waals surface area contributed by atoms with Crippen LogP contribution in [-0.4, -0.2) is 78.4 Å². The predicted octanol–water partition coefficient (Wildman–Crippen LogP) is 4.43. The van der Waals surface area contributed by atoms with Crippen LogP contribution in [0.1, 0.15) is 104 Å². The molecule has 4 amide bonds. The molecule has 5 rings (SSSR count). The van der Waals surface area contributed by atoms with E-state index in [-0.39, 0.29) is 25.3 Å². The van der Waals surface area contributed by atoms with E-state index < -0.39 is 74.7 Å². The number of nitrogens with one attached hydrogen (secondary N) is 2. The molecule has 0 radical (unpaired) electrons. The standard InChI is InChI=1S/C37H52N4O8S/c1-35(2,3)49-30(42)18-24-14-10-8-7-9-11-17-27-20-37(27,33(45)39-50(47)36(4,5)6)38-31(43)29-19-28(23-41(29)32(24)44)48-34(46)40-21-25-15-12-13-16-26(25)22-40/h11-13,15-17,24,27-29H,7-10,14,18-23H2,1-6H3,(H,38,43)(H,39,45)/b17-11-/t24-,27-,28-,29+,37-,50-/m1/s1. The minimum absolute atomic E-state index is 0.0232. The lowest BCUT2D eigenvalue weighted by atomic mass is 9.95. The number of hydrogen-bond donors (Lipinski definition) is 2. The average molecular weight is 713 g/mol. The minimum Gasteiger partial charge on any atom is -0.460 e. The number of carbonyl (C=O) groups is 5. The summed E-state index contributed by atoms with van der Waals surface area (Å²) in [6.07, 6.45) is 6.34. The Morgan fingerprint density at radius 2 is 1.70 bits per heavy atom. The Morgan fingerprint density at radius 3 is 2.34 bits per heavy atom. The monoisotopic (exact) mass is 712 g/mol. The number of esters is 1. The summed E-state index contributed by atoms with van der Waals surface area (Å²) in [5, 5.41) is 2.94. The molecule has 0 unspecified atom stereocenters. The van der Waals surface area contributed by atoms with Gasteiger partial charge in [0.2, 0.25) is 11.8 Å². The molecule has 1 aromatic rings. The molecular formula is C37H52N4O8S. The first-order valence-corrected chi connectivity index (χ1v) is 18.9. The Kier molecular flexibility index (Phi) is 11.1. The maximum absolute atomic E-state index is 14.4. The highest BCUT2D eigenvalue weighted by Gasteiger charge is 2.61. The number of amides is 4.